The van der Waals surface area contributed by atoms with Gasteiger partial charge in [0.15, 0.2) is 0 Å². The Bertz CT molecular complexity index is 433. The van der Waals surface area contributed by atoms with Crippen LogP contribution in [0.5, 0.6) is 5.75 Å². The van der Waals surface area contributed by atoms with Gasteiger partial charge in [-0.05, 0) is 57.0 Å². The lowest BCUT2D eigenvalue weighted by atomic mass is 10.1. The van der Waals surface area contributed by atoms with Gasteiger partial charge in [-0.2, -0.15) is 5.26 Å². The molecule has 1 aromatic carbocycles. The molecular weight excluding hydrogens is 198 g/mol. The summed E-state index contributed by atoms with van der Waals surface area (Å²) in [6.07, 6.45) is 3.25. The second-order valence-corrected chi connectivity index (χ2v) is 4.76. The van der Waals surface area contributed by atoms with Crippen molar-refractivity contribution in [2.24, 2.45) is 0 Å². The van der Waals surface area contributed by atoms with Crippen molar-refractivity contribution < 1.29 is 4.74 Å². The van der Waals surface area contributed by atoms with Crippen molar-refractivity contribution in [1.82, 2.24) is 0 Å². The van der Waals surface area contributed by atoms with Gasteiger partial charge in [0.05, 0.1) is 6.07 Å². The molecule has 0 radical (unpaired) electrons. The quantitative estimate of drug-likeness (QED) is 0.704. The van der Waals surface area contributed by atoms with Gasteiger partial charge in [0.2, 0.25) is 0 Å². The van der Waals surface area contributed by atoms with Gasteiger partial charge >= 0.3 is 0 Å². The van der Waals surface area contributed by atoms with Crippen LogP contribution in [0.2, 0.25) is 0 Å². The third-order valence-electron chi connectivity index (χ3n) is 1.85. The van der Waals surface area contributed by atoms with Crippen LogP contribution in [0.1, 0.15) is 31.9 Å². The molecule has 0 unspecified atom stereocenters. The van der Waals surface area contributed by atoms with Gasteiger partial charge in [0.1, 0.15) is 11.4 Å². The van der Waals surface area contributed by atoms with Gasteiger partial charge in [-0.15, -0.1) is 0 Å². The average molecular weight is 215 g/mol. The first-order valence-corrected chi connectivity index (χ1v) is 5.27. The van der Waals surface area contributed by atoms with E-state index in [2.05, 4.69) is 0 Å². The largest absolute Gasteiger partial charge is 0.488 e. The molecule has 0 N–H and O–H groups in total. The molecule has 0 spiro atoms. The van der Waals surface area contributed by atoms with Crippen LogP contribution in [-0.4, -0.2) is 5.60 Å². The summed E-state index contributed by atoms with van der Waals surface area (Å²) < 4.78 is 5.79. The molecule has 16 heavy (non-hydrogen) atoms. The Kier molecular flexibility index (Phi) is 3.73. The Morgan fingerprint density at radius 2 is 1.94 bits per heavy atom. The predicted molar refractivity (Wildman–Crippen MR) is 66.2 cm³/mol. The minimum absolute atomic E-state index is 0.204. The number of ether oxygens (including phenoxy) is 1. The van der Waals surface area contributed by atoms with Crippen molar-refractivity contribution in [2.75, 3.05) is 0 Å². The minimum atomic E-state index is -0.204. The average Bonchev–Trinajstić information content (AvgIpc) is 2.10. The van der Waals surface area contributed by atoms with Crippen LogP contribution in [0, 0.1) is 18.3 Å². The topological polar surface area (TPSA) is 33.0 Å². The molecule has 0 fully saturated rings. The van der Waals surface area contributed by atoms with Gasteiger partial charge in [-0.25, -0.2) is 0 Å². The van der Waals surface area contributed by atoms with E-state index in [1.165, 1.54) is 6.08 Å². The molecule has 0 amide bonds. The molecule has 0 aliphatic heterocycles. The normalized spacial score (nSPS) is 11.4. The van der Waals surface area contributed by atoms with E-state index < -0.39 is 0 Å². The number of rotatable bonds is 2. The molecule has 2 nitrogen and oxygen atoms in total. The molecule has 84 valence electrons. The number of nitrogens with zero attached hydrogens (tertiary/aromatic N) is 1. The molecule has 0 heterocycles. The fraction of sp³-hybridized carbons (Fsp3) is 0.357. The van der Waals surface area contributed by atoms with Crippen molar-refractivity contribution >= 4 is 6.08 Å². The highest BCUT2D eigenvalue weighted by Crippen LogP contribution is 2.22. The third-order valence-corrected chi connectivity index (χ3v) is 1.85. The molecular formula is C14H17NO. The Balaban J connectivity index is 3.00. The van der Waals surface area contributed by atoms with E-state index >= 15 is 0 Å². The Morgan fingerprint density at radius 1 is 1.25 bits per heavy atom. The second-order valence-electron chi connectivity index (χ2n) is 4.76. The molecule has 0 aliphatic carbocycles. The van der Waals surface area contributed by atoms with Crippen molar-refractivity contribution in [3.05, 3.63) is 35.4 Å². The van der Waals surface area contributed by atoms with E-state index in [0.717, 1.165) is 16.9 Å². The van der Waals surface area contributed by atoms with Crippen molar-refractivity contribution in [2.45, 2.75) is 33.3 Å². The maximum Gasteiger partial charge on any atom is 0.120 e. The summed E-state index contributed by atoms with van der Waals surface area (Å²) in [7, 11) is 0. The lowest BCUT2D eigenvalue weighted by molar-refractivity contribution is 0.131. The summed E-state index contributed by atoms with van der Waals surface area (Å²) in [6, 6.07) is 7.93. The monoisotopic (exact) mass is 215 g/mol. The highest BCUT2D eigenvalue weighted by molar-refractivity contribution is 5.55. The number of hydrogen-bond acceptors (Lipinski definition) is 2. The number of benzene rings is 1. The SMILES string of the molecule is Cc1cc(/C=C/C#N)cc(OC(C)(C)C)c1. The van der Waals surface area contributed by atoms with Crippen molar-refractivity contribution in [3.8, 4) is 11.8 Å². The Hall–Kier alpha value is -1.75. The highest BCUT2D eigenvalue weighted by Gasteiger charge is 2.11. The zero-order valence-corrected chi connectivity index (χ0v) is 10.2. The van der Waals surface area contributed by atoms with Crippen LogP contribution in [0.15, 0.2) is 24.3 Å². The summed E-state index contributed by atoms with van der Waals surface area (Å²) in [6.45, 7) is 8.06. The first kappa shape index (κ1) is 12.3. The van der Waals surface area contributed by atoms with Gasteiger partial charge in [-0.3, -0.25) is 0 Å². The third kappa shape index (κ3) is 4.18. The van der Waals surface area contributed by atoms with E-state index in [-0.39, 0.29) is 5.60 Å². The van der Waals surface area contributed by atoms with Crippen LogP contribution in [0.4, 0.5) is 0 Å². The number of aryl methyl sites for hydroxylation is 1. The van der Waals surface area contributed by atoms with E-state index in [1.807, 2.05) is 52.0 Å². The minimum Gasteiger partial charge on any atom is -0.488 e. The van der Waals surface area contributed by atoms with E-state index in [0.29, 0.717) is 0 Å². The van der Waals surface area contributed by atoms with Gasteiger partial charge in [-0.1, -0.05) is 6.07 Å². The number of allylic oxidation sites excluding steroid dienone is 1. The standard InChI is InChI=1S/C14H17NO/c1-11-8-12(6-5-7-15)10-13(9-11)16-14(2,3)4/h5-6,8-10H,1-4H3/b6-5+. The maximum absolute atomic E-state index is 8.48. The molecule has 1 aromatic rings. The van der Waals surface area contributed by atoms with Crippen molar-refractivity contribution in [1.29, 1.82) is 5.26 Å². The molecule has 0 aromatic heterocycles. The molecule has 0 atom stereocenters. The predicted octanol–water partition coefficient (Wildman–Crippen LogP) is 3.71. The first-order valence-electron chi connectivity index (χ1n) is 5.27. The summed E-state index contributed by atoms with van der Waals surface area (Å²) in [5.74, 6) is 0.838. The number of nitriles is 1. The molecule has 0 saturated carbocycles. The van der Waals surface area contributed by atoms with E-state index in [1.54, 1.807) is 6.08 Å². The summed E-state index contributed by atoms with van der Waals surface area (Å²) in [4.78, 5) is 0. The molecule has 0 aliphatic rings. The van der Waals surface area contributed by atoms with Gasteiger partial charge in [0.25, 0.3) is 0 Å². The van der Waals surface area contributed by atoms with E-state index in [9.17, 15) is 0 Å². The molecule has 0 saturated heterocycles. The van der Waals surface area contributed by atoms with Crippen LogP contribution < -0.4 is 4.74 Å². The molecule has 1 rings (SSSR count). The lowest BCUT2D eigenvalue weighted by Gasteiger charge is -2.21. The molecule has 0 bridgehead atoms. The first-order chi connectivity index (χ1) is 7.40. The van der Waals surface area contributed by atoms with Crippen LogP contribution in [-0.2, 0) is 0 Å². The van der Waals surface area contributed by atoms with Crippen LogP contribution in [0.3, 0.4) is 0 Å². The fourth-order valence-electron chi connectivity index (χ4n) is 1.42. The smallest absolute Gasteiger partial charge is 0.120 e. The summed E-state index contributed by atoms with van der Waals surface area (Å²) >= 11 is 0. The zero-order chi connectivity index (χ0) is 12.2. The van der Waals surface area contributed by atoms with Crippen molar-refractivity contribution in [3.63, 3.8) is 0 Å². The maximum atomic E-state index is 8.48. The summed E-state index contributed by atoms with van der Waals surface area (Å²) in [5, 5.41) is 8.48. The summed E-state index contributed by atoms with van der Waals surface area (Å²) in [5.41, 5.74) is 1.91. The second kappa shape index (κ2) is 4.85. The van der Waals surface area contributed by atoms with Crippen LogP contribution in [0.25, 0.3) is 6.08 Å². The van der Waals surface area contributed by atoms with Gasteiger partial charge in [0, 0.05) is 6.08 Å². The van der Waals surface area contributed by atoms with E-state index in [4.69, 9.17) is 10.00 Å². The Morgan fingerprint density at radius 3 is 2.50 bits per heavy atom. The zero-order valence-electron chi connectivity index (χ0n) is 10.2. The Labute approximate surface area is 97.2 Å². The number of hydrogen-bond donors (Lipinski definition) is 0. The highest BCUT2D eigenvalue weighted by atomic mass is 16.5. The van der Waals surface area contributed by atoms with Crippen LogP contribution >= 0.6 is 0 Å². The lowest BCUT2D eigenvalue weighted by Crippen LogP contribution is -2.22. The molecule has 2 heteroatoms. The van der Waals surface area contributed by atoms with Gasteiger partial charge < -0.3 is 4.74 Å². The fourth-order valence-corrected chi connectivity index (χ4v) is 1.42.